The Morgan fingerprint density at radius 2 is 2.27 bits per heavy atom. The Hall–Kier alpha value is -2.44. The van der Waals surface area contributed by atoms with E-state index in [1.54, 1.807) is 18.3 Å². The highest BCUT2D eigenvalue weighted by atomic mass is 16.6. The van der Waals surface area contributed by atoms with Crippen molar-refractivity contribution in [3.05, 3.63) is 28.7 Å². The highest BCUT2D eigenvalue weighted by Crippen LogP contribution is 2.10. The molecular weight excluding hydrogens is 198 g/mol. The monoisotopic (exact) mass is 203 g/mol. The molecule has 15 heavy (non-hydrogen) atoms. The number of aromatic amines is 2. The van der Waals surface area contributed by atoms with Crippen molar-refractivity contribution in [3.8, 4) is 11.4 Å². The molecule has 3 aromatic heterocycles. The zero-order chi connectivity index (χ0) is 10.3. The predicted octanol–water partition coefficient (Wildman–Crippen LogP) is 0.301. The molecule has 0 fully saturated rings. The van der Waals surface area contributed by atoms with E-state index < -0.39 is 0 Å². The fourth-order valence-corrected chi connectivity index (χ4v) is 1.32. The van der Waals surface area contributed by atoms with Crippen LogP contribution in [-0.2, 0) is 0 Å². The predicted molar refractivity (Wildman–Crippen MR) is 50.0 cm³/mol. The van der Waals surface area contributed by atoms with Gasteiger partial charge in [-0.3, -0.25) is 9.78 Å². The van der Waals surface area contributed by atoms with Crippen LogP contribution in [0, 0.1) is 0 Å². The third-order valence-electron chi connectivity index (χ3n) is 1.99. The Labute approximate surface area is 82.1 Å². The van der Waals surface area contributed by atoms with Gasteiger partial charge in [0.2, 0.25) is 11.3 Å². The topological polar surface area (TPSA) is 100 Å². The molecule has 0 amide bonds. The maximum atomic E-state index is 11.6. The van der Waals surface area contributed by atoms with E-state index >= 15 is 0 Å². The number of nitrogens with one attached hydrogen (secondary N) is 2. The molecule has 0 bridgehead atoms. The second-order valence-corrected chi connectivity index (χ2v) is 2.93. The maximum absolute atomic E-state index is 11.6. The molecule has 0 unspecified atom stereocenters. The summed E-state index contributed by atoms with van der Waals surface area (Å²) in [6, 6.07) is 3.53. The summed E-state index contributed by atoms with van der Waals surface area (Å²) >= 11 is 0. The van der Waals surface area contributed by atoms with Crippen molar-refractivity contribution in [3.63, 3.8) is 0 Å². The maximum Gasteiger partial charge on any atom is 0.277 e. The normalized spacial score (nSPS) is 10.9. The van der Waals surface area contributed by atoms with E-state index in [1.807, 2.05) is 0 Å². The standard InChI is InChI=1S/C8H5N5O2/c14-8-5(4-2-1-3-9-4)10-6-7(11-8)13-15-12-6/h1-3,9H,(H,11,13,14). The molecule has 0 aromatic carbocycles. The fraction of sp³-hybridized carbons (Fsp3) is 0. The Morgan fingerprint density at radius 3 is 3.07 bits per heavy atom. The third-order valence-corrected chi connectivity index (χ3v) is 1.99. The molecule has 0 atom stereocenters. The van der Waals surface area contributed by atoms with E-state index in [1.165, 1.54) is 0 Å². The van der Waals surface area contributed by atoms with Gasteiger partial charge >= 0.3 is 0 Å². The molecule has 0 aliphatic carbocycles. The van der Waals surface area contributed by atoms with E-state index in [9.17, 15) is 4.79 Å². The first-order valence-corrected chi connectivity index (χ1v) is 4.21. The van der Waals surface area contributed by atoms with Crippen LogP contribution in [0.5, 0.6) is 0 Å². The number of fused-ring (bicyclic) bond motifs is 1. The molecule has 0 spiro atoms. The molecule has 7 nitrogen and oxygen atoms in total. The van der Waals surface area contributed by atoms with Crippen molar-refractivity contribution in [2.24, 2.45) is 0 Å². The minimum atomic E-state index is -0.333. The number of H-pyrrole nitrogens is 2. The lowest BCUT2D eigenvalue weighted by Crippen LogP contribution is -2.11. The van der Waals surface area contributed by atoms with E-state index in [4.69, 9.17) is 0 Å². The lowest BCUT2D eigenvalue weighted by atomic mass is 10.3. The van der Waals surface area contributed by atoms with Crippen molar-refractivity contribution in [2.45, 2.75) is 0 Å². The van der Waals surface area contributed by atoms with Gasteiger partial charge in [0.25, 0.3) is 5.56 Å². The van der Waals surface area contributed by atoms with Gasteiger partial charge in [-0.1, -0.05) is 0 Å². The molecule has 3 rings (SSSR count). The van der Waals surface area contributed by atoms with Gasteiger partial charge in [-0.2, -0.15) is 0 Å². The molecule has 0 saturated carbocycles. The minimum Gasteiger partial charge on any atom is -0.360 e. The van der Waals surface area contributed by atoms with Gasteiger partial charge < -0.3 is 4.98 Å². The SMILES string of the molecule is O=c1[nH]c2nonc2nc1-c1ccc[nH]1. The van der Waals surface area contributed by atoms with Gasteiger partial charge in [0.15, 0.2) is 5.69 Å². The van der Waals surface area contributed by atoms with Crippen molar-refractivity contribution < 1.29 is 4.63 Å². The van der Waals surface area contributed by atoms with Crippen LogP contribution in [-0.4, -0.2) is 25.3 Å². The van der Waals surface area contributed by atoms with Crippen LogP contribution in [0.2, 0.25) is 0 Å². The zero-order valence-electron chi connectivity index (χ0n) is 7.39. The number of hydrogen-bond acceptors (Lipinski definition) is 5. The average molecular weight is 203 g/mol. The van der Waals surface area contributed by atoms with Gasteiger partial charge in [0.1, 0.15) is 0 Å². The van der Waals surface area contributed by atoms with E-state index in [-0.39, 0.29) is 22.5 Å². The van der Waals surface area contributed by atoms with E-state index in [0.717, 1.165) is 0 Å². The molecule has 2 N–H and O–H groups in total. The third kappa shape index (κ3) is 1.13. The Bertz CT molecular complexity index is 651. The van der Waals surface area contributed by atoms with Crippen molar-refractivity contribution in [1.82, 2.24) is 25.3 Å². The van der Waals surface area contributed by atoms with Crippen LogP contribution in [0.1, 0.15) is 0 Å². The average Bonchev–Trinajstić information content (AvgIpc) is 2.85. The molecule has 7 heteroatoms. The largest absolute Gasteiger partial charge is 0.360 e. The van der Waals surface area contributed by atoms with Crippen molar-refractivity contribution in [1.29, 1.82) is 0 Å². The highest BCUT2D eigenvalue weighted by Gasteiger charge is 2.10. The first kappa shape index (κ1) is 7.92. The summed E-state index contributed by atoms with van der Waals surface area (Å²) in [7, 11) is 0. The van der Waals surface area contributed by atoms with Crippen LogP contribution >= 0.6 is 0 Å². The highest BCUT2D eigenvalue weighted by molar-refractivity contribution is 5.67. The van der Waals surface area contributed by atoms with Crippen molar-refractivity contribution in [2.75, 3.05) is 0 Å². The minimum absolute atomic E-state index is 0.246. The summed E-state index contributed by atoms with van der Waals surface area (Å²) in [5.74, 6) is 0. The van der Waals surface area contributed by atoms with E-state index in [0.29, 0.717) is 5.69 Å². The molecule has 3 aromatic rings. The Kier molecular flexibility index (Phi) is 1.46. The summed E-state index contributed by atoms with van der Waals surface area (Å²) in [6.45, 7) is 0. The summed E-state index contributed by atoms with van der Waals surface area (Å²) in [5.41, 5.74) is 1.08. The lowest BCUT2D eigenvalue weighted by molar-refractivity contribution is 0.314. The fourth-order valence-electron chi connectivity index (χ4n) is 1.32. The molecule has 3 heterocycles. The second kappa shape index (κ2) is 2.77. The van der Waals surface area contributed by atoms with Gasteiger partial charge in [-0.15, -0.1) is 0 Å². The summed E-state index contributed by atoms with van der Waals surface area (Å²) in [6.07, 6.45) is 1.71. The van der Waals surface area contributed by atoms with Gasteiger partial charge in [-0.25, -0.2) is 9.61 Å². The van der Waals surface area contributed by atoms with Crippen molar-refractivity contribution >= 4 is 11.3 Å². The van der Waals surface area contributed by atoms with Crippen LogP contribution in [0.3, 0.4) is 0 Å². The molecular formula is C8H5N5O2. The van der Waals surface area contributed by atoms with E-state index in [2.05, 4.69) is 29.9 Å². The zero-order valence-corrected chi connectivity index (χ0v) is 7.39. The number of rotatable bonds is 1. The number of hydrogen-bond donors (Lipinski definition) is 2. The molecule has 0 radical (unpaired) electrons. The molecule has 0 aliphatic heterocycles. The van der Waals surface area contributed by atoms with Gasteiger partial charge in [0, 0.05) is 6.20 Å². The molecule has 0 aliphatic rings. The summed E-state index contributed by atoms with van der Waals surface area (Å²) in [5, 5.41) is 7.04. The van der Waals surface area contributed by atoms with Crippen LogP contribution in [0.4, 0.5) is 0 Å². The Balaban J connectivity index is 2.35. The van der Waals surface area contributed by atoms with Gasteiger partial charge in [0.05, 0.1) is 5.69 Å². The Morgan fingerprint density at radius 1 is 1.33 bits per heavy atom. The smallest absolute Gasteiger partial charge is 0.277 e. The summed E-state index contributed by atoms with van der Waals surface area (Å²) in [4.78, 5) is 21.0. The molecule has 0 saturated heterocycles. The van der Waals surface area contributed by atoms with Crippen LogP contribution in [0.15, 0.2) is 27.8 Å². The molecule has 74 valence electrons. The second-order valence-electron chi connectivity index (χ2n) is 2.93. The first-order chi connectivity index (χ1) is 7.34. The summed E-state index contributed by atoms with van der Waals surface area (Å²) < 4.78 is 4.45. The van der Waals surface area contributed by atoms with Crippen LogP contribution in [0.25, 0.3) is 22.7 Å². The van der Waals surface area contributed by atoms with Crippen LogP contribution < -0.4 is 5.56 Å². The quantitative estimate of drug-likeness (QED) is 0.592. The first-order valence-electron chi connectivity index (χ1n) is 4.21. The lowest BCUT2D eigenvalue weighted by Gasteiger charge is -1.93. The number of aromatic nitrogens is 5. The number of nitrogens with zero attached hydrogens (tertiary/aromatic N) is 3. The van der Waals surface area contributed by atoms with Gasteiger partial charge in [-0.05, 0) is 22.4 Å².